The zero-order chi connectivity index (χ0) is 57.4. The maximum atomic E-state index is 14.9. The maximum Gasteiger partial charge on any atom is 0.407 e. The van der Waals surface area contributed by atoms with Crippen molar-refractivity contribution in [3.8, 4) is 22.6 Å². The van der Waals surface area contributed by atoms with Crippen molar-refractivity contribution >= 4 is 47.4 Å². The molecule has 0 spiro atoms. The van der Waals surface area contributed by atoms with E-state index >= 15 is 0 Å². The lowest BCUT2D eigenvalue weighted by atomic mass is 9.98. The Balaban J connectivity index is 1.20. The molecule has 3 aromatic carbocycles. The number of benzene rings is 3. The van der Waals surface area contributed by atoms with Gasteiger partial charge in [-0.1, -0.05) is 61.5 Å². The van der Waals surface area contributed by atoms with Gasteiger partial charge in [0.15, 0.2) is 18.1 Å². The molecular formula is C53H69N9O17. The van der Waals surface area contributed by atoms with Gasteiger partial charge in [-0.25, -0.2) is 4.79 Å². The van der Waals surface area contributed by atoms with Crippen LogP contribution in [0.3, 0.4) is 0 Å². The molecule has 26 nitrogen and oxygen atoms in total. The molecule has 0 saturated carbocycles. The standard InChI is InChI=1S/C53H69N9O17/c1-25-21-62-45(46(25)70)50(74)57-20-28(64)18-35(54)47(71)58-42(26(2)63)51(75)61-22-29(65)19-36(61)48(72)59-43(39(68)16-27-12-13-37(66)40(17-27)78-24-41(69)55-3)49(73)60-44(52(62)76)38(67)14-15-56-53(77)79-23-34-32-10-6-4-8-30(32)31-9-5-7-11-33(31)34/h4-13,17,25-26,28-29,34-36,38-39,42-46,63-68,70H,14-16,18-24,54H2,1-3H3,(H,55,69)(H,56,77)(H,57,74)(H,58,71)(H,59,72)(H,60,73)/t25-,26+,28+,29+,35-,36-,38+,39+,42-,43-,44-,45-,46-/m0/s1. The lowest BCUT2D eigenvalue weighted by Crippen LogP contribution is -2.64. The van der Waals surface area contributed by atoms with Crippen LogP contribution in [0.5, 0.6) is 11.5 Å². The fourth-order valence-electron chi connectivity index (χ4n) is 10.3. The number of hydrogen-bond acceptors (Lipinski definition) is 18. The van der Waals surface area contributed by atoms with Crippen molar-refractivity contribution in [2.24, 2.45) is 11.7 Å². The number of phenolic OH excluding ortho intramolecular Hbond substituents is 1. The number of amides is 8. The normalized spacial score (nSPS) is 27.3. The fraction of sp³-hybridized carbons (Fsp3) is 0.509. The van der Waals surface area contributed by atoms with E-state index < -0.39 is 177 Å². The van der Waals surface area contributed by atoms with E-state index in [2.05, 4.69) is 31.9 Å². The number of fused-ring (bicyclic) bond motifs is 5. The molecule has 15 N–H and O–H groups in total. The summed E-state index contributed by atoms with van der Waals surface area (Å²) in [6.45, 7) is 0.304. The van der Waals surface area contributed by atoms with Crippen LogP contribution in [0.2, 0.25) is 0 Å². The second-order valence-corrected chi connectivity index (χ2v) is 20.4. The second kappa shape index (κ2) is 26.0. The van der Waals surface area contributed by atoms with Crippen LogP contribution in [-0.2, 0) is 44.7 Å². The summed E-state index contributed by atoms with van der Waals surface area (Å²) >= 11 is 0. The van der Waals surface area contributed by atoms with E-state index in [0.29, 0.717) is 0 Å². The highest BCUT2D eigenvalue weighted by Gasteiger charge is 2.50. The lowest BCUT2D eigenvalue weighted by molar-refractivity contribution is -0.147. The van der Waals surface area contributed by atoms with Crippen LogP contribution >= 0.6 is 0 Å². The van der Waals surface area contributed by atoms with Crippen molar-refractivity contribution in [3.05, 3.63) is 83.4 Å². The van der Waals surface area contributed by atoms with Gasteiger partial charge in [-0.05, 0) is 59.7 Å². The van der Waals surface area contributed by atoms with Gasteiger partial charge in [-0.15, -0.1) is 0 Å². The highest BCUT2D eigenvalue weighted by Crippen LogP contribution is 2.44. The van der Waals surface area contributed by atoms with Crippen LogP contribution in [0.4, 0.5) is 4.79 Å². The number of nitrogens with zero attached hydrogens (tertiary/aromatic N) is 2. The summed E-state index contributed by atoms with van der Waals surface area (Å²) in [7, 11) is 1.36. The van der Waals surface area contributed by atoms with Gasteiger partial charge in [0.2, 0.25) is 35.4 Å². The Hall–Kier alpha value is -7.46. The zero-order valence-electron chi connectivity index (χ0n) is 43.7. The van der Waals surface area contributed by atoms with Crippen molar-refractivity contribution < 1.29 is 83.6 Å². The molecule has 0 aromatic heterocycles. The number of hydrogen-bond donors (Lipinski definition) is 14. The molecule has 0 radical (unpaired) electrons. The molecule has 1 aliphatic carbocycles. The number of aliphatic hydroxyl groups is 6. The number of alkyl carbamates (subject to hydrolysis) is 1. The largest absolute Gasteiger partial charge is 0.504 e. The van der Waals surface area contributed by atoms with E-state index in [1.54, 1.807) is 0 Å². The van der Waals surface area contributed by atoms with E-state index in [0.717, 1.165) is 39.0 Å². The molecule has 428 valence electrons. The third-order valence-corrected chi connectivity index (χ3v) is 14.6. The topological polar surface area (TPSA) is 401 Å². The monoisotopic (exact) mass is 1100 g/mol. The lowest BCUT2D eigenvalue weighted by Gasteiger charge is -2.34. The second-order valence-electron chi connectivity index (χ2n) is 20.4. The smallest absolute Gasteiger partial charge is 0.407 e. The van der Waals surface area contributed by atoms with E-state index in [4.69, 9.17) is 15.2 Å². The Labute approximate surface area is 454 Å². The van der Waals surface area contributed by atoms with Crippen molar-refractivity contribution in [2.75, 3.05) is 46.4 Å². The van der Waals surface area contributed by atoms with Crippen LogP contribution in [0, 0.1) is 5.92 Å². The highest BCUT2D eigenvalue weighted by molar-refractivity contribution is 5.98. The number of nitrogens with two attached hydrogens (primary N) is 1. The summed E-state index contributed by atoms with van der Waals surface area (Å²) in [6.07, 6.45) is -12.9. The van der Waals surface area contributed by atoms with Gasteiger partial charge in [-0.3, -0.25) is 33.6 Å². The molecule has 0 unspecified atom stereocenters. The van der Waals surface area contributed by atoms with Gasteiger partial charge >= 0.3 is 6.09 Å². The number of phenols is 1. The number of β-amino-alcohol motifs (C(OH)–C–C–N with tert-alkyl or cyclic N) is 1. The number of carbonyl (C=O) groups excluding carboxylic acids is 8. The number of likely N-dealkylation sites (N-methyl/N-ethyl adjacent to an activating group) is 1. The molecule has 3 aromatic rings. The Morgan fingerprint density at radius 2 is 1.41 bits per heavy atom. The molecule has 7 rings (SSSR count). The van der Waals surface area contributed by atoms with Gasteiger partial charge in [0, 0.05) is 57.9 Å². The molecule has 13 atom stereocenters. The first-order valence-corrected chi connectivity index (χ1v) is 26.0. The fourth-order valence-corrected chi connectivity index (χ4v) is 10.3. The summed E-state index contributed by atoms with van der Waals surface area (Å²) in [5.41, 5.74) is 10.2. The molecule has 79 heavy (non-hydrogen) atoms. The minimum Gasteiger partial charge on any atom is -0.504 e. The molecular weight excluding hydrogens is 1030 g/mol. The van der Waals surface area contributed by atoms with E-state index in [1.165, 1.54) is 32.2 Å². The van der Waals surface area contributed by atoms with Crippen LogP contribution in [0.15, 0.2) is 66.7 Å². The van der Waals surface area contributed by atoms with Gasteiger partial charge in [0.1, 0.15) is 36.8 Å². The molecule has 3 fully saturated rings. The quantitative estimate of drug-likeness (QED) is 0.0774. The van der Waals surface area contributed by atoms with Crippen LogP contribution in [0.25, 0.3) is 11.1 Å². The van der Waals surface area contributed by atoms with Crippen LogP contribution < -0.4 is 42.4 Å². The van der Waals surface area contributed by atoms with Gasteiger partial charge in [-0.2, -0.15) is 0 Å². The average molecular weight is 1100 g/mol. The Morgan fingerprint density at radius 1 is 0.772 bits per heavy atom. The molecule has 0 bridgehead atoms. The number of aliphatic hydroxyl groups excluding tert-OH is 6. The first-order chi connectivity index (χ1) is 37.6. The van der Waals surface area contributed by atoms with Gasteiger partial charge in [0.05, 0.1) is 42.7 Å². The van der Waals surface area contributed by atoms with Crippen LogP contribution in [-0.4, -0.2) is 212 Å². The molecule has 3 saturated heterocycles. The summed E-state index contributed by atoms with van der Waals surface area (Å²) in [5.74, 6) is -9.01. The first-order valence-electron chi connectivity index (χ1n) is 26.0. The highest BCUT2D eigenvalue weighted by atomic mass is 16.5. The Morgan fingerprint density at radius 3 is 2.06 bits per heavy atom. The van der Waals surface area contributed by atoms with Crippen molar-refractivity contribution in [1.82, 2.24) is 41.7 Å². The van der Waals surface area contributed by atoms with E-state index in [-0.39, 0.29) is 36.9 Å². The van der Waals surface area contributed by atoms with Crippen molar-refractivity contribution in [1.29, 1.82) is 0 Å². The molecule has 8 amide bonds. The minimum absolute atomic E-state index is 0.0614. The number of nitrogens with one attached hydrogen (secondary N) is 6. The Bertz CT molecular complexity index is 2700. The summed E-state index contributed by atoms with van der Waals surface area (Å²) in [6, 6.07) is 8.24. The maximum absolute atomic E-state index is 14.9. The van der Waals surface area contributed by atoms with Crippen molar-refractivity contribution in [2.45, 2.75) is 118 Å². The SMILES string of the molecule is CNC(=O)COc1cc(C[C@@H](O)[C@@H]2NC(=O)[C@@H]3C[C@@H](O)CN3C(=O)[C@H]([C@@H](C)O)NC(=O)[C@@H](N)C[C@@H](O)CNC(=O)[C@@H]3[C@@H](O)[C@@H](C)CN3C(=O)[C@H]([C@H](O)CCNC(=O)OCC3c4ccccc4-c4ccccc43)NC2=O)ccc1O. The first kappa shape index (κ1) is 59.2. The summed E-state index contributed by atoms with van der Waals surface area (Å²) in [5, 5.41) is 92.8. The van der Waals surface area contributed by atoms with Gasteiger partial charge in [0.25, 0.3) is 5.91 Å². The summed E-state index contributed by atoms with van der Waals surface area (Å²) in [4.78, 5) is 113. The predicted molar refractivity (Wildman–Crippen MR) is 277 cm³/mol. The molecule has 4 aliphatic rings. The predicted octanol–water partition coefficient (Wildman–Crippen LogP) is -4.08. The third kappa shape index (κ3) is 13.9. The molecule has 3 aliphatic heterocycles. The number of ether oxygens (including phenoxy) is 2. The summed E-state index contributed by atoms with van der Waals surface area (Å²) < 4.78 is 11.1. The minimum atomic E-state index is -2.12. The van der Waals surface area contributed by atoms with E-state index in [1.807, 2.05) is 48.5 Å². The van der Waals surface area contributed by atoms with E-state index in [9.17, 15) is 74.1 Å². The number of rotatable bonds is 13. The third-order valence-electron chi connectivity index (χ3n) is 14.6. The van der Waals surface area contributed by atoms with Gasteiger partial charge < -0.3 is 92.7 Å². The van der Waals surface area contributed by atoms with Crippen LogP contribution in [0.1, 0.15) is 55.7 Å². The molecule has 26 heteroatoms. The van der Waals surface area contributed by atoms with Crippen molar-refractivity contribution in [3.63, 3.8) is 0 Å². The number of aromatic hydroxyl groups is 1. The number of carbonyl (C=O) groups is 8. The average Bonchev–Trinajstić information content (AvgIpc) is 4.12. The Kier molecular flexibility index (Phi) is 19.5. The molecule has 3 heterocycles. The zero-order valence-corrected chi connectivity index (χ0v) is 43.7.